The van der Waals surface area contributed by atoms with Crippen LogP contribution in [0.1, 0.15) is 27.6 Å². The highest BCUT2D eigenvalue weighted by atomic mass is 19.1. The van der Waals surface area contributed by atoms with E-state index in [1.54, 1.807) is 41.3 Å². The maximum Gasteiger partial charge on any atom is 0.254 e. The lowest BCUT2D eigenvalue weighted by molar-refractivity contribution is -0.0229. The number of benzene rings is 2. The Balaban J connectivity index is 1.50. The van der Waals surface area contributed by atoms with Gasteiger partial charge in [-0.25, -0.2) is 9.07 Å². The predicted molar refractivity (Wildman–Crippen MR) is 104 cm³/mol. The monoisotopic (exact) mass is 391 g/mol. The maximum atomic E-state index is 13.5. The van der Waals surface area contributed by atoms with Crippen LogP contribution in [0.2, 0.25) is 0 Å². The van der Waals surface area contributed by atoms with Crippen molar-refractivity contribution in [1.82, 2.24) is 14.7 Å². The van der Waals surface area contributed by atoms with Crippen molar-refractivity contribution in [3.63, 3.8) is 0 Å². The first kappa shape index (κ1) is 18.7. The number of anilines is 1. The Hall–Kier alpha value is -3.70. The van der Waals surface area contributed by atoms with E-state index >= 15 is 0 Å². The summed E-state index contributed by atoms with van der Waals surface area (Å²) >= 11 is 0. The van der Waals surface area contributed by atoms with Crippen LogP contribution in [0.15, 0.2) is 54.7 Å². The van der Waals surface area contributed by atoms with Crippen LogP contribution in [-0.2, 0) is 4.74 Å². The molecular weight excluding hydrogens is 373 g/mol. The predicted octanol–water partition coefficient (Wildman–Crippen LogP) is 2.68. The highest BCUT2D eigenvalue weighted by Crippen LogP contribution is 2.24. The molecule has 2 N–H and O–H groups in total. The highest BCUT2D eigenvalue weighted by Gasteiger charge is 2.26. The molecule has 2 aromatic carbocycles. The molecule has 1 unspecified atom stereocenters. The first-order chi connectivity index (χ1) is 14.1. The summed E-state index contributed by atoms with van der Waals surface area (Å²) in [5.74, 6) is -0.215. The molecule has 0 aliphatic carbocycles. The number of carbonyl (C=O) groups excluding carboxylic acids is 1. The Bertz CT molecular complexity index is 1090. The smallest absolute Gasteiger partial charge is 0.254 e. The van der Waals surface area contributed by atoms with Gasteiger partial charge in [0, 0.05) is 12.1 Å². The molecule has 4 rings (SSSR count). The van der Waals surface area contributed by atoms with Gasteiger partial charge in [0.25, 0.3) is 5.91 Å². The summed E-state index contributed by atoms with van der Waals surface area (Å²) in [6.45, 7) is 1.19. The molecular formula is C21H18FN5O2. The molecule has 1 saturated heterocycles. The number of aromatic nitrogens is 2. The van der Waals surface area contributed by atoms with Crippen LogP contribution >= 0.6 is 0 Å². The summed E-state index contributed by atoms with van der Waals surface area (Å²) in [6.07, 6.45) is 1.03. The molecule has 1 fully saturated rings. The zero-order valence-electron chi connectivity index (χ0n) is 15.5. The van der Waals surface area contributed by atoms with Crippen LogP contribution in [0.3, 0.4) is 0 Å². The van der Waals surface area contributed by atoms with Gasteiger partial charge in [-0.05, 0) is 42.0 Å². The normalized spacial score (nSPS) is 16.4. The van der Waals surface area contributed by atoms with Gasteiger partial charge in [0.15, 0.2) is 0 Å². The van der Waals surface area contributed by atoms with Crippen LogP contribution in [-0.4, -0.2) is 40.3 Å². The molecule has 1 aliphatic rings. The summed E-state index contributed by atoms with van der Waals surface area (Å²) < 4.78 is 20.7. The fourth-order valence-corrected chi connectivity index (χ4v) is 3.32. The van der Waals surface area contributed by atoms with E-state index < -0.39 is 0 Å². The molecule has 8 heteroatoms. The largest absolute Gasteiger partial charge is 0.382 e. The van der Waals surface area contributed by atoms with Crippen molar-refractivity contribution < 1.29 is 13.9 Å². The van der Waals surface area contributed by atoms with Gasteiger partial charge in [0.1, 0.15) is 29.4 Å². The van der Waals surface area contributed by atoms with Crippen LogP contribution in [0, 0.1) is 17.1 Å². The highest BCUT2D eigenvalue weighted by molar-refractivity contribution is 5.94. The molecule has 1 aliphatic heterocycles. The minimum Gasteiger partial charge on any atom is -0.382 e. The summed E-state index contributed by atoms with van der Waals surface area (Å²) in [5.41, 5.74) is 8.07. The summed E-state index contributed by atoms with van der Waals surface area (Å²) in [6, 6.07) is 15.0. The van der Waals surface area contributed by atoms with Crippen molar-refractivity contribution in [3.05, 3.63) is 77.2 Å². The minimum absolute atomic E-state index is 0.132. The molecule has 29 heavy (non-hydrogen) atoms. The maximum absolute atomic E-state index is 13.5. The first-order valence-corrected chi connectivity index (χ1v) is 9.07. The Morgan fingerprint density at radius 1 is 1.28 bits per heavy atom. The second kappa shape index (κ2) is 7.73. The lowest BCUT2D eigenvalue weighted by Gasteiger charge is -2.33. The lowest BCUT2D eigenvalue weighted by Crippen LogP contribution is -2.42. The van der Waals surface area contributed by atoms with E-state index in [4.69, 9.17) is 15.7 Å². The number of ether oxygens (including phenoxy) is 1. The number of halogens is 1. The van der Waals surface area contributed by atoms with E-state index in [0.717, 1.165) is 0 Å². The molecule has 1 atom stereocenters. The Kier molecular flexibility index (Phi) is 4.97. The third kappa shape index (κ3) is 3.68. The van der Waals surface area contributed by atoms with Crippen LogP contribution in [0.5, 0.6) is 0 Å². The topological polar surface area (TPSA) is 97.2 Å². The number of hydrogen-bond acceptors (Lipinski definition) is 5. The molecule has 3 aromatic rings. The zero-order valence-corrected chi connectivity index (χ0v) is 15.5. The van der Waals surface area contributed by atoms with Crippen molar-refractivity contribution in [3.8, 4) is 11.8 Å². The summed E-state index contributed by atoms with van der Waals surface area (Å²) in [4.78, 5) is 14.6. The Labute approximate surface area is 166 Å². The number of hydrogen-bond donors (Lipinski definition) is 1. The third-order valence-electron chi connectivity index (χ3n) is 4.86. The number of rotatable bonds is 3. The third-order valence-corrected chi connectivity index (χ3v) is 4.86. The van der Waals surface area contributed by atoms with Gasteiger partial charge < -0.3 is 15.4 Å². The van der Waals surface area contributed by atoms with Gasteiger partial charge in [-0.3, -0.25) is 4.79 Å². The first-order valence-electron chi connectivity index (χ1n) is 9.07. The van der Waals surface area contributed by atoms with E-state index in [2.05, 4.69) is 5.10 Å². The van der Waals surface area contributed by atoms with Crippen molar-refractivity contribution >= 4 is 11.7 Å². The zero-order chi connectivity index (χ0) is 20.4. The fourth-order valence-electron chi connectivity index (χ4n) is 3.32. The average molecular weight is 391 g/mol. The van der Waals surface area contributed by atoms with Crippen molar-refractivity contribution in [2.24, 2.45) is 0 Å². The molecule has 1 amide bonds. The van der Waals surface area contributed by atoms with Gasteiger partial charge >= 0.3 is 0 Å². The number of amides is 1. The SMILES string of the molecule is N#Cc1cnn(-c2ccc(C(=O)N3CCOC(c4cccc(F)c4)C3)cc2)c1N. The van der Waals surface area contributed by atoms with Gasteiger partial charge in [0.05, 0.1) is 25.0 Å². The number of nitrogens with zero attached hydrogens (tertiary/aromatic N) is 4. The summed E-state index contributed by atoms with van der Waals surface area (Å²) in [7, 11) is 0. The lowest BCUT2D eigenvalue weighted by atomic mass is 10.1. The second-order valence-corrected chi connectivity index (χ2v) is 6.68. The van der Waals surface area contributed by atoms with E-state index in [9.17, 15) is 9.18 Å². The number of morpholine rings is 1. The molecule has 0 saturated carbocycles. The number of carbonyl (C=O) groups is 1. The minimum atomic E-state index is -0.365. The van der Waals surface area contributed by atoms with Crippen LogP contribution in [0.4, 0.5) is 10.2 Å². The molecule has 146 valence electrons. The molecule has 2 heterocycles. The summed E-state index contributed by atoms with van der Waals surface area (Å²) in [5, 5.41) is 13.1. The molecule has 0 bridgehead atoms. The van der Waals surface area contributed by atoms with Crippen LogP contribution in [0.25, 0.3) is 5.69 Å². The number of nitrogens with two attached hydrogens (primary N) is 1. The second-order valence-electron chi connectivity index (χ2n) is 6.68. The van der Waals surface area contributed by atoms with Crippen LogP contribution < -0.4 is 5.73 Å². The quantitative estimate of drug-likeness (QED) is 0.740. The van der Waals surface area contributed by atoms with Crippen molar-refractivity contribution in [2.75, 3.05) is 25.4 Å². The molecule has 1 aromatic heterocycles. The van der Waals surface area contributed by atoms with Gasteiger partial charge in [-0.15, -0.1) is 0 Å². The van der Waals surface area contributed by atoms with Crippen molar-refractivity contribution in [1.29, 1.82) is 5.26 Å². The van der Waals surface area contributed by atoms with E-state index in [1.165, 1.54) is 23.0 Å². The van der Waals surface area contributed by atoms with Gasteiger partial charge in [0.2, 0.25) is 0 Å². The molecule has 0 spiro atoms. The fraction of sp³-hybridized carbons (Fsp3) is 0.190. The van der Waals surface area contributed by atoms with Gasteiger partial charge in [-0.2, -0.15) is 10.4 Å². The van der Waals surface area contributed by atoms with E-state index in [0.29, 0.717) is 42.1 Å². The molecule has 7 nitrogen and oxygen atoms in total. The number of nitrogen functional groups attached to an aromatic ring is 1. The van der Waals surface area contributed by atoms with Gasteiger partial charge in [-0.1, -0.05) is 12.1 Å². The Morgan fingerprint density at radius 2 is 2.07 bits per heavy atom. The Morgan fingerprint density at radius 3 is 2.76 bits per heavy atom. The standard InChI is InChI=1S/C21H18FN5O2/c22-17-3-1-2-15(10-17)19-13-26(8-9-29-19)21(28)14-4-6-18(7-5-14)27-20(24)16(11-23)12-25-27/h1-7,10,12,19H,8-9,13,24H2. The van der Waals surface area contributed by atoms with E-state index in [-0.39, 0.29) is 23.6 Å². The number of nitriles is 1. The average Bonchev–Trinajstić information content (AvgIpc) is 3.14. The molecule has 0 radical (unpaired) electrons. The van der Waals surface area contributed by atoms with E-state index in [1.807, 2.05) is 6.07 Å². The van der Waals surface area contributed by atoms with Crippen molar-refractivity contribution in [2.45, 2.75) is 6.10 Å².